The van der Waals surface area contributed by atoms with Gasteiger partial charge in [-0.1, -0.05) is 13.0 Å². The molecule has 21 heavy (non-hydrogen) atoms. The summed E-state index contributed by atoms with van der Waals surface area (Å²) in [6, 6.07) is 4.97. The zero-order valence-corrected chi connectivity index (χ0v) is 13.4. The SMILES string of the molecule is CC(C=C1OC(=O)C2=C1CCCC2)c1ccc(F)c(Br)c1. The third kappa shape index (κ3) is 2.82. The van der Waals surface area contributed by atoms with Crippen LogP contribution in [0.3, 0.4) is 0 Å². The molecule has 0 spiro atoms. The molecule has 0 saturated carbocycles. The molecule has 1 atom stereocenters. The number of allylic oxidation sites excluding steroid dienone is 2. The van der Waals surface area contributed by atoms with Crippen molar-refractivity contribution in [3.63, 3.8) is 0 Å². The van der Waals surface area contributed by atoms with Crippen molar-refractivity contribution < 1.29 is 13.9 Å². The smallest absolute Gasteiger partial charge is 0.339 e. The van der Waals surface area contributed by atoms with E-state index in [9.17, 15) is 9.18 Å². The number of carbonyl (C=O) groups is 1. The molecule has 1 aromatic carbocycles. The highest BCUT2D eigenvalue weighted by Crippen LogP contribution is 2.38. The van der Waals surface area contributed by atoms with Crippen molar-refractivity contribution in [2.24, 2.45) is 0 Å². The van der Waals surface area contributed by atoms with Gasteiger partial charge in [-0.05, 0) is 65.4 Å². The van der Waals surface area contributed by atoms with Gasteiger partial charge in [0.2, 0.25) is 0 Å². The fourth-order valence-electron chi connectivity index (χ4n) is 2.88. The molecule has 1 unspecified atom stereocenters. The minimum absolute atomic E-state index is 0.0541. The monoisotopic (exact) mass is 350 g/mol. The van der Waals surface area contributed by atoms with E-state index < -0.39 is 0 Å². The van der Waals surface area contributed by atoms with E-state index in [-0.39, 0.29) is 17.7 Å². The van der Waals surface area contributed by atoms with Crippen molar-refractivity contribution in [3.8, 4) is 0 Å². The highest BCUT2D eigenvalue weighted by atomic mass is 79.9. The first-order chi connectivity index (χ1) is 10.1. The van der Waals surface area contributed by atoms with Gasteiger partial charge in [-0.15, -0.1) is 0 Å². The number of benzene rings is 1. The molecule has 0 radical (unpaired) electrons. The highest BCUT2D eigenvalue weighted by molar-refractivity contribution is 9.10. The lowest BCUT2D eigenvalue weighted by molar-refractivity contribution is -0.133. The van der Waals surface area contributed by atoms with Gasteiger partial charge in [-0.2, -0.15) is 0 Å². The van der Waals surface area contributed by atoms with Crippen molar-refractivity contribution in [2.75, 3.05) is 0 Å². The number of hydrogen-bond acceptors (Lipinski definition) is 2. The second-order valence-electron chi connectivity index (χ2n) is 5.55. The fourth-order valence-corrected chi connectivity index (χ4v) is 3.28. The Morgan fingerprint density at radius 1 is 1.29 bits per heavy atom. The summed E-state index contributed by atoms with van der Waals surface area (Å²) in [6.07, 6.45) is 5.85. The molecule has 3 rings (SSSR count). The molecule has 0 fully saturated rings. The lowest BCUT2D eigenvalue weighted by Gasteiger charge is -2.12. The van der Waals surface area contributed by atoms with Crippen LogP contribution in [0.15, 0.2) is 45.7 Å². The lowest BCUT2D eigenvalue weighted by Crippen LogP contribution is -2.01. The molecule has 1 heterocycles. The molecule has 0 aromatic heterocycles. The molecule has 0 bridgehead atoms. The molecule has 2 nitrogen and oxygen atoms in total. The number of esters is 1. The van der Waals surface area contributed by atoms with Gasteiger partial charge in [0.25, 0.3) is 0 Å². The Balaban J connectivity index is 1.89. The van der Waals surface area contributed by atoms with Crippen LogP contribution >= 0.6 is 15.9 Å². The van der Waals surface area contributed by atoms with Crippen LogP contribution < -0.4 is 0 Å². The van der Waals surface area contributed by atoms with E-state index in [0.717, 1.165) is 42.4 Å². The fraction of sp³-hybridized carbons (Fsp3) is 0.353. The summed E-state index contributed by atoms with van der Waals surface area (Å²) in [7, 11) is 0. The van der Waals surface area contributed by atoms with Gasteiger partial charge in [0.05, 0.1) is 4.47 Å². The second kappa shape index (κ2) is 5.76. The number of carbonyl (C=O) groups excluding carboxylic acids is 1. The zero-order chi connectivity index (χ0) is 15.0. The van der Waals surface area contributed by atoms with Crippen LogP contribution in [-0.4, -0.2) is 5.97 Å². The maximum absolute atomic E-state index is 13.3. The normalized spacial score (nSPS) is 21.5. The molecule has 0 saturated heterocycles. The summed E-state index contributed by atoms with van der Waals surface area (Å²) >= 11 is 3.20. The van der Waals surface area contributed by atoms with E-state index in [2.05, 4.69) is 15.9 Å². The Hall–Kier alpha value is -1.42. The van der Waals surface area contributed by atoms with E-state index in [1.165, 1.54) is 6.07 Å². The van der Waals surface area contributed by atoms with Gasteiger partial charge >= 0.3 is 5.97 Å². The Labute approximate surface area is 131 Å². The van der Waals surface area contributed by atoms with E-state index >= 15 is 0 Å². The van der Waals surface area contributed by atoms with Gasteiger partial charge in [0.1, 0.15) is 11.6 Å². The van der Waals surface area contributed by atoms with Crippen LogP contribution in [0.1, 0.15) is 44.1 Å². The van der Waals surface area contributed by atoms with Crippen molar-refractivity contribution in [1.82, 2.24) is 0 Å². The van der Waals surface area contributed by atoms with Gasteiger partial charge in [-0.25, -0.2) is 9.18 Å². The Bertz CT molecular complexity index is 661. The van der Waals surface area contributed by atoms with E-state index in [1.807, 2.05) is 13.0 Å². The van der Waals surface area contributed by atoms with Crippen molar-refractivity contribution in [2.45, 2.75) is 38.5 Å². The maximum atomic E-state index is 13.3. The van der Waals surface area contributed by atoms with E-state index in [0.29, 0.717) is 10.2 Å². The standard InChI is InChI=1S/C17H16BrFO2/c1-10(11-6-7-15(19)14(18)9-11)8-16-12-4-2-3-5-13(12)17(20)21-16/h6-10H,2-5H2,1H3. The highest BCUT2D eigenvalue weighted by Gasteiger charge is 2.31. The molecule has 1 aliphatic heterocycles. The topological polar surface area (TPSA) is 26.3 Å². The summed E-state index contributed by atoms with van der Waals surface area (Å²) < 4.78 is 19.2. The first-order valence-corrected chi connectivity index (χ1v) is 7.97. The summed E-state index contributed by atoms with van der Waals surface area (Å²) in [6.45, 7) is 2.02. The largest absolute Gasteiger partial charge is 0.423 e. The average molecular weight is 351 g/mol. The van der Waals surface area contributed by atoms with Crippen LogP contribution in [-0.2, 0) is 9.53 Å². The van der Waals surface area contributed by atoms with Gasteiger partial charge in [0, 0.05) is 17.1 Å². The van der Waals surface area contributed by atoms with Crippen LogP contribution in [0.5, 0.6) is 0 Å². The number of rotatable bonds is 2. The van der Waals surface area contributed by atoms with E-state index in [4.69, 9.17) is 4.74 Å². The molecular formula is C17H16BrFO2. The van der Waals surface area contributed by atoms with Crippen LogP contribution in [0, 0.1) is 5.82 Å². The summed E-state index contributed by atoms with van der Waals surface area (Å²) in [4.78, 5) is 11.9. The molecule has 4 heteroatoms. The van der Waals surface area contributed by atoms with Crippen LogP contribution in [0.25, 0.3) is 0 Å². The molecule has 110 valence electrons. The van der Waals surface area contributed by atoms with Gasteiger partial charge < -0.3 is 4.74 Å². The molecule has 0 amide bonds. The molecule has 1 aromatic rings. The predicted molar refractivity (Wildman–Crippen MR) is 82.2 cm³/mol. The zero-order valence-electron chi connectivity index (χ0n) is 11.8. The number of cyclic esters (lactones) is 1. The van der Waals surface area contributed by atoms with Crippen LogP contribution in [0.2, 0.25) is 0 Å². The van der Waals surface area contributed by atoms with Crippen molar-refractivity contribution in [1.29, 1.82) is 0 Å². The van der Waals surface area contributed by atoms with E-state index in [1.54, 1.807) is 12.1 Å². The number of halogens is 2. The first-order valence-electron chi connectivity index (χ1n) is 7.17. The third-order valence-electron chi connectivity index (χ3n) is 4.09. The first kappa shape index (κ1) is 14.5. The summed E-state index contributed by atoms with van der Waals surface area (Å²) in [5.74, 6) is 0.285. The quantitative estimate of drug-likeness (QED) is 0.701. The van der Waals surface area contributed by atoms with Crippen LogP contribution in [0.4, 0.5) is 4.39 Å². The Kier molecular flexibility index (Phi) is 3.98. The van der Waals surface area contributed by atoms with Gasteiger partial charge in [-0.3, -0.25) is 0 Å². The summed E-state index contributed by atoms with van der Waals surface area (Å²) in [5, 5.41) is 0. The molecule has 1 aliphatic carbocycles. The molecule has 2 aliphatic rings. The number of ether oxygens (including phenoxy) is 1. The Morgan fingerprint density at radius 3 is 2.71 bits per heavy atom. The maximum Gasteiger partial charge on any atom is 0.339 e. The summed E-state index contributed by atoms with van der Waals surface area (Å²) in [5.41, 5.74) is 2.90. The third-order valence-corrected chi connectivity index (χ3v) is 4.69. The molecular weight excluding hydrogens is 335 g/mol. The minimum atomic E-state index is -0.275. The van der Waals surface area contributed by atoms with Crippen molar-refractivity contribution >= 4 is 21.9 Å². The lowest BCUT2D eigenvalue weighted by atomic mass is 9.90. The molecule has 0 N–H and O–H groups in total. The number of hydrogen-bond donors (Lipinski definition) is 0. The predicted octanol–water partition coefficient (Wildman–Crippen LogP) is 5.00. The van der Waals surface area contributed by atoms with Crippen molar-refractivity contribution in [3.05, 3.63) is 57.0 Å². The minimum Gasteiger partial charge on any atom is -0.423 e. The van der Waals surface area contributed by atoms with Gasteiger partial charge in [0.15, 0.2) is 0 Å². The average Bonchev–Trinajstić information content (AvgIpc) is 2.79. The second-order valence-corrected chi connectivity index (χ2v) is 6.40. The Morgan fingerprint density at radius 2 is 2.00 bits per heavy atom.